The van der Waals surface area contributed by atoms with Gasteiger partial charge in [-0.1, -0.05) is 42.5 Å². The second-order valence-electron chi connectivity index (χ2n) is 5.66. The van der Waals surface area contributed by atoms with Gasteiger partial charge >= 0.3 is 5.97 Å². The van der Waals surface area contributed by atoms with Crippen molar-refractivity contribution in [3.63, 3.8) is 0 Å². The second kappa shape index (κ2) is 9.42. The van der Waals surface area contributed by atoms with E-state index in [0.717, 1.165) is 5.56 Å². The number of hydrogen-bond acceptors (Lipinski definition) is 5. The molecule has 0 bridgehead atoms. The molecule has 0 saturated heterocycles. The van der Waals surface area contributed by atoms with E-state index in [2.05, 4.69) is 0 Å². The van der Waals surface area contributed by atoms with Crippen molar-refractivity contribution in [3.8, 4) is 11.5 Å². The van der Waals surface area contributed by atoms with Gasteiger partial charge in [0.15, 0.2) is 17.3 Å². The zero-order chi connectivity index (χ0) is 18.9. The van der Waals surface area contributed by atoms with Crippen LogP contribution >= 0.6 is 0 Å². The summed E-state index contributed by atoms with van der Waals surface area (Å²) >= 11 is 0. The maximum atomic E-state index is 12.6. The van der Waals surface area contributed by atoms with Crippen molar-refractivity contribution >= 4 is 17.8 Å². The number of aromatic hydroxyl groups is 1. The number of methoxy groups -OCH3 is 1. The molecule has 0 aliphatic rings. The molecule has 1 atom stereocenters. The first-order valence-corrected chi connectivity index (χ1v) is 8.34. The van der Waals surface area contributed by atoms with Gasteiger partial charge in [-0.3, -0.25) is 9.59 Å². The summed E-state index contributed by atoms with van der Waals surface area (Å²) in [6.45, 7) is 1.93. The van der Waals surface area contributed by atoms with Crippen LogP contribution in [-0.2, 0) is 20.7 Å². The highest BCUT2D eigenvalue weighted by Crippen LogP contribution is 2.26. The Balaban J connectivity index is 2.18. The molecule has 2 rings (SSSR count). The van der Waals surface area contributed by atoms with Crippen LogP contribution in [0.5, 0.6) is 11.5 Å². The van der Waals surface area contributed by atoms with E-state index < -0.39 is 11.9 Å². The standard InChI is InChI=1S/C21H22O5/c1-3-26-21(24)17(13-15-7-5-4-6-8-15)18(22)11-9-16-10-12-19(23)20(14-16)25-2/h4-12,14,17,23H,3,13H2,1-2H3/b11-9+. The third-order valence-corrected chi connectivity index (χ3v) is 3.84. The van der Waals surface area contributed by atoms with Crippen LogP contribution in [0, 0.1) is 5.92 Å². The van der Waals surface area contributed by atoms with Gasteiger partial charge in [0.25, 0.3) is 0 Å². The van der Waals surface area contributed by atoms with Gasteiger partial charge in [-0.25, -0.2) is 0 Å². The summed E-state index contributed by atoms with van der Waals surface area (Å²) < 4.78 is 10.1. The summed E-state index contributed by atoms with van der Waals surface area (Å²) in [5.41, 5.74) is 1.56. The molecular weight excluding hydrogens is 332 g/mol. The highest BCUT2D eigenvalue weighted by molar-refractivity contribution is 6.07. The number of allylic oxidation sites excluding steroid dienone is 1. The van der Waals surface area contributed by atoms with E-state index >= 15 is 0 Å². The lowest BCUT2D eigenvalue weighted by Gasteiger charge is -2.13. The molecule has 0 spiro atoms. The van der Waals surface area contributed by atoms with Crippen LogP contribution in [-0.4, -0.2) is 30.6 Å². The molecule has 26 heavy (non-hydrogen) atoms. The van der Waals surface area contributed by atoms with Crippen molar-refractivity contribution in [1.29, 1.82) is 0 Å². The molecule has 0 heterocycles. The lowest BCUT2D eigenvalue weighted by molar-refractivity contribution is -0.150. The molecule has 0 fully saturated rings. The number of ether oxygens (including phenoxy) is 2. The molecule has 1 unspecified atom stereocenters. The molecule has 2 aromatic carbocycles. The third-order valence-electron chi connectivity index (χ3n) is 3.84. The molecule has 2 aromatic rings. The molecule has 5 nitrogen and oxygen atoms in total. The average molecular weight is 354 g/mol. The van der Waals surface area contributed by atoms with E-state index in [-0.39, 0.29) is 24.6 Å². The predicted octanol–water partition coefficient (Wildman–Crippen LogP) is 3.41. The van der Waals surface area contributed by atoms with E-state index in [1.807, 2.05) is 30.3 Å². The first-order chi connectivity index (χ1) is 12.5. The Bertz CT molecular complexity index is 780. The van der Waals surface area contributed by atoms with Gasteiger partial charge < -0.3 is 14.6 Å². The Hall–Kier alpha value is -3.08. The quantitative estimate of drug-likeness (QED) is 0.447. The van der Waals surface area contributed by atoms with E-state index in [1.54, 1.807) is 25.1 Å². The molecule has 0 amide bonds. The number of carbonyl (C=O) groups is 2. The van der Waals surface area contributed by atoms with Crippen LogP contribution in [0.1, 0.15) is 18.1 Å². The maximum Gasteiger partial charge on any atom is 0.317 e. The third kappa shape index (κ3) is 5.21. The van der Waals surface area contributed by atoms with Crippen molar-refractivity contribution in [2.45, 2.75) is 13.3 Å². The van der Waals surface area contributed by atoms with Gasteiger partial charge in [0.1, 0.15) is 5.92 Å². The molecule has 0 aromatic heterocycles. The minimum Gasteiger partial charge on any atom is -0.504 e. The summed E-state index contributed by atoms with van der Waals surface area (Å²) in [5, 5.41) is 9.62. The number of rotatable bonds is 8. The van der Waals surface area contributed by atoms with Gasteiger partial charge in [-0.15, -0.1) is 0 Å². The predicted molar refractivity (Wildman–Crippen MR) is 99.0 cm³/mol. The van der Waals surface area contributed by atoms with E-state index in [9.17, 15) is 14.7 Å². The Morgan fingerprint density at radius 3 is 2.54 bits per heavy atom. The number of esters is 1. The van der Waals surface area contributed by atoms with Crippen LogP contribution in [0.15, 0.2) is 54.6 Å². The smallest absolute Gasteiger partial charge is 0.317 e. The average Bonchev–Trinajstić information content (AvgIpc) is 2.66. The van der Waals surface area contributed by atoms with Gasteiger partial charge in [-0.2, -0.15) is 0 Å². The first-order valence-electron chi connectivity index (χ1n) is 8.34. The van der Waals surface area contributed by atoms with Gasteiger partial charge in [0.2, 0.25) is 0 Å². The molecule has 136 valence electrons. The molecule has 0 aliphatic carbocycles. The molecule has 0 radical (unpaired) electrons. The Morgan fingerprint density at radius 2 is 1.88 bits per heavy atom. The minimum atomic E-state index is -0.896. The van der Waals surface area contributed by atoms with Crippen LogP contribution in [0.4, 0.5) is 0 Å². The zero-order valence-corrected chi connectivity index (χ0v) is 14.8. The van der Waals surface area contributed by atoms with Crippen molar-refractivity contribution in [3.05, 3.63) is 65.7 Å². The van der Waals surface area contributed by atoms with Crippen LogP contribution in [0.25, 0.3) is 6.08 Å². The van der Waals surface area contributed by atoms with Crippen molar-refractivity contribution in [1.82, 2.24) is 0 Å². The van der Waals surface area contributed by atoms with Gasteiger partial charge in [0.05, 0.1) is 13.7 Å². The zero-order valence-electron chi connectivity index (χ0n) is 14.8. The van der Waals surface area contributed by atoms with E-state index in [0.29, 0.717) is 11.3 Å². The summed E-state index contributed by atoms with van der Waals surface area (Å²) in [6, 6.07) is 14.1. The number of phenolic OH excluding ortho intramolecular Hbond substituents is 1. The molecule has 5 heteroatoms. The SMILES string of the molecule is CCOC(=O)C(Cc1ccccc1)C(=O)/C=C/c1ccc(O)c(OC)c1. The summed E-state index contributed by atoms with van der Waals surface area (Å²) in [5.74, 6) is -1.43. The normalized spacial score (nSPS) is 11.9. The van der Waals surface area contributed by atoms with Crippen molar-refractivity contribution < 1.29 is 24.2 Å². The van der Waals surface area contributed by atoms with Gasteiger partial charge in [-0.05, 0) is 42.7 Å². The first kappa shape index (κ1) is 19.2. The fraction of sp³-hybridized carbons (Fsp3) is 0.238. The highest BCUT2D eigenvalue weighted by Gasteiger charge is 2.26. The molecule has 0 saturated carbocycles. The number of ketones is 1. The Morgan fingerprint density at radius 1 is 1.15 bits per heavy atom. The maximum absolute atomic E-state index is 12.6. The van der Waals surface area contributed by atoms with E-state index in [4.69, 9.17) is 9.47 Å². The monoisotopic (exact) mass is 354 g/mol. The topological polar surface area (TPSA) is 72.8 Å². The fourth-order valence-electron chi connectivity index (χ4n) is 2.49. The molecular formula is C21H22O5. The van der Waals surface area contributed by atoms with E-state index in [1.165, 1.54) is 19.3 Å². The minimum absolute atomic E-state index is 0.0180. The Labute approximate surface area is 152 Å². The molecule has 1 N–H and O–H groups in total. The van der Waals surface area contributed by atoms with Crippen molar-refractivity contribution in [2.24, 2.45) is 5.92 Å². The number of benzene rings is 2. The number of carbonyl (C=O) groups excluding carboxylic acids is 2. The summed E-state index contributed by atoms with van der Waals surface area (Å²) in [6.07, 6.45) is 3.22. The van der Waals surface area contributed by atoms with Crippen LogP contribution in [0.3, 0.4) is 0 Å². The fourth-order valence-corrected chi connectivity index (χ4v) is 2.49. The number of hydrogen-bond donors (Lipinski definition) is 1. The molecule has 0 aliphatic heterocycles. The second-order valence-corrected chi connectivity index (χ2v) is 5.66. The number of phenols is 1. The van der Waals surface area contributed by atoms with Gasteiger partial charge in [0, 0.05) is 0 Å². The largest absolute Gasteiger partial charge is 0.504 e. The van der Waals surface area contributed by atoms with Crippen LogP contribution in [0.2, 0.25) is 0 Å². The summed E-state index contributed by atoms with van der Waals surface area (Å²) in [7, 11) is 1.45. The lowest BCUT2D eigenvalue weighted by atomic mass is 9.94. The van der Waals surface area contributed by atoms with Crippen LogP contribution < -0.4 is 4.74 Å². The lowest BCUT2D eigenvalue weighted by Crippen LogP contribution is -2.27. The van der Waals surface area contributed by atoms with Crippen molar-refractivity contribution in [2.75, 3.05) is 13.7 Å². The highest BCUT2D eigenvalue weighted by atomic mass is 16.5. The Kier molecular flexibility index (Phi) is 6.97. The summed E-state index contributed by atoms with van der Waals surface area (Å²) in [4.78, 5) is 24.8.